The lowest BCUT2D eigenvalue weighted by molar-refractivity contribution is -0.114. The van der Waals surface area contributed by atoms with Crippen LogP contribution in [0, 0.1) is 6.92 Å². The molecule has 0 unspecified atom stereocenters. The summed E-state index contributed by atoms with van der Waals surface area (Å²) < 4.78 is 25.6. The Morgan fingerprint density at radius 1 is 1.12 bits per heavy atom. The number of rotatable bonds is 5. The highest BCUT2D eigenvalue weighted by molar-refractivity contribution is 7.92. The number of carbonyl (C=O) groups excluding carboxylic acids is 1. The maximum Gasteiger partial charge on any atom is 0.245 e. The lowest BCUT2D eigenvalue weighted by atomic mass is 10.1. The van der Waals surface area contributed by atoms with Gasteiger partial charge in [-0.1, -0.05) is 30.3 Å². The van der Waals surface area contributed by atoms with Crippen LogP contribution in [-0.2, 0) is 14.8 Å². The first kappa shape index (κ1) is 17.9. The topological polar surface area (TPSA) is 79.4 Å². The zero-order valence-corrected chi connectivity index (χ0v) is 15.3. The van der Waals surface area contributed by atoms with Gasteiger partial charge in [0, 0.05) is 28.9 Å². The predicted octanol–water partition coefficient (Wildman–Crippen LogP) is 2.95. The van der Waals surface area contributed by atoms with Gasteiger partial charge in [0.05, 0.1) is 11.9 Å². The second-order valence-corrected chi connectivity index (χ2v) is 7.91. The Morgan fingerprint density at radius 3 is 2.62 bits per heavy atom. The molecule has 0 radical (unpaired) electrons. The van der Waals surface area contributed by atoms with Crippen molar-refractivity contribution in [2.45, 2.75) is 6.92 Å². The van der Waals surface area contributed by atoms with Crippen molar-refractivity contribution >= 4 is 38.1 Å². The third-order valence-electron chi connectivity index (χ3n) is 4.03. The van der Waals surface area contributed by atoms with Crippen molar-refractivity contribution in [2.24, 2.45) is 0 Å². The summed E-state index contributed by atoms with van der Waals surface area (Å²) in [6.45, 7) is 1.51. The number of anilines is 2. The fourth-order valence-electron chi connectivity index (χ4n) is 2.78. The fraction of sp³-hybridized carbons (Fsp3) is 0.158. The van der Waals surface area contributed by atoms with Gasteiger partial charge in [-0.2, -0.15) is 0 Å². The number of para-hydroxylation sites is 1. The predicted molar refractivity (Wildman–Crippen MR) is 104 cm³/mol. The molecule has 1 N–H and O–H groups in total. The molecule has 26 heavy (non-hydrogen) atoms. The number of nitrogens with one attached hydrogen (secondary N) is 1. The van der Waals surface area contributed by atoms with Gasteiger partial charge < -0.3 is 5.32 Å². The number of hydrogen-bond acceptors (Lipinski definition) is 4. The maximum atomic E-state index is 12.6. The summed E-state index contributed by atoms with van der Waals surface area (Å²) in [5.41, 5.74) is 1.89. The van der Waals surface area contributed by atoms with Gasteiger partial charge in [-0.05, 0) is 30.7 Å². The molecule has 1 amide bonds. The maximum absolute atomic E-state index is 12.6. The van der Waals surface area contributed by atoms with Gasteiger partial charge in [-0.25, -0.2) is 8.42 Å². The van der Waals surface area contributed by atoms with Crippen LogP contribution >= 0.6 is 0 Å². The van der Waals surface area contributed by atoms with Crippen molar-refractivity contribution in [1.29, 1.82) is 0 Å². The quantitative estimate of drug-likeness (QED) is 0.750. The van der Waals surface area contributed by atoms with E-state index in [-0.39, 0.29) is 6.54 Å². The van der Waals surface area contributed by atoms with Crippen LogP contribution in [0.1, 0.15) is 5.56 Å². The van der Waals surface area contributed by atoms with E-state index in [1.165, 1.54) is 0 Å². The van der Waals surface area contributed by atoms with Crippen LogP contribution in [0.15, 0.2) is 60.9 Å². The van der Waals surface area contributed by atoms with E-state index in [0.29, 0.717) is 11.4 Å². The number of nitrogens with zero attached hydrogens (tertiary/aromatic N) is 2. The van der Waals surface area contributed by atoms with Gasteiger partial charge in [0.1, 0.15) is 6.54 Å². The number of fused-ring (bicyclic) bond motifs is 1. The highest BCUT2D eigenvalue weighted by Crippen LogP contribution is 2.24. The molecule has 0 spiro atoms. The van der Waals surface area contributed by atoms with E-state index in [1.54, 1.807) is 36.7 Å². The second-order valence-electron chi connectivity index (χ2n) is 6.01. The first-order valence-electron chi connectivity index (χ1n) is 8.02. The van der Waals surface area contributed by atoms with E-state index in [2.05, 4.69) is 10.3 Å². The zero-order valence-electron chi connectivity index (χ0n) is 14.5. The molecule has 3 aromatic rings. The summed E-state index contributed by atoms with van der Waals surface area (Å²) in [4.78, 5) is 16.6. The number of benzene rings is 2. The molecule has 0 atom stereocenters. The van der Waals surface area contributed by atoms with Crippen LogP contribution in [0.25, 0.3) is 10.8 Å². The van der Waals surface area contributed by atoms with Crippen LogP contribution in [0.3, 0.4) is 0 Å². The van der Waals surface area contributed by atoms with Gasteiger partial charge in [-0.3, -0.25) is 14.1 Å². The van der Waals surface area contributed by atoms with Crippen LogP contribution in [-0.4, -0.2) is 32.1 Å². The molecule has 0 saturated carbocycles. The minimum absolute atomic E-state index is 0.300. The Hall–Kier alpha value is -2.93. The molecular weight excluding hydrogens is 350 g/mol. The Balaban J connectivity index is 1.88. The normalized spacial score (nSPS) is 11.3. The molecule has 134 valence electrons. The number of carbonyl (C=O) groups is 1. The van der Waals surface area contributed by atoms with Crippen LogP contribution < -0.4 is 9.62 Å². The molecule has 6 nitrogen and oxygen atoms in total. The van der Waals surface area contributed by atoms with Gasteiger partial charge in [0.15, 0.2) is 0 Å². The van der Waals surface area contributed by atoms with Gasteiger partial charge in [-0.15, -0.1) is 0 Å². The van der Waals surface area contributed by atoms with Crippen molar-refractivity contribution in [3.63, 3.8) is 0 Å². The number of aromatic nitrogens is 1. The van der Waals surface area contributed by atoms with E-state index in [9.17, 15) is 13.2 Å². The average Bonchev–Trinajstić information content (AvgIpc) is 2.60. The first-order chi connectivity index (χ1) is 12.4. The smallest absolute Gasteiger partial charge is 0.245 e. The van der Waals surface area contributed by atoms with Gasteiger partial charge in [0.25, 0.3) is 0 Å². The zero-order chi connectivity index (χ0) is 18.7. The summed E-state index contributed by atoms with van der Waals surface area (Å²) in [5.74, 6) is -0.414. The molecule has 0 aliphatic rings. The lowest BCUT2D eigenvalue weighted by Crippen LogP contribution is -2.37. The van der Waals surface area contributed by atoms with Crippen molar-refractivity contribution in [1.82, 2.24) is 4.98 Å². The molecule has 0 fully saturated rings. The third-order valence-corrected chi connectivity index (χ3v) is 5.15. The Labute approximate surface area is 152 Å². The summed E-state index contributed by atoms with van der Waals surface area (Å²) >= 11 is 0. The second kappa shape index (κ2) is 7.13. The third kappa shape index (κ3) is 3.83. The van der Waals surface area contributed by atoms with E-state index in [0.717, 1.165) is 26.9 Å². The van der Waals surface area contributed by atoms with Crippen molar-refractivity contribution in [3.05, 3.63) is 66.5 Å². The molecule has 0 aliphatic carbocycles. The number of hydrogen-bond donors (Lipinski definition) is 1. The minimum atomic E-state index is -3.61. The average molecular weight is 369 g/mol. The van der Waals surface area contributed by atoms with Crippen molar-refractivity contribution in [2.75, 3.05) is 22.4 Å². The SMILES string of the molecule is Cc1ccccc1N(CC(=O)Nc1cccc2cnccc12)S(C)(=O)=O. The van der Waals surface area contributed by atoms with Gasteiger partial charge >= 0.3 is 0 Å². The van der Waals surface area contributed by atoms with E-state index < -0.39 is 15.9 Å². The standard InChI is InChI=1S/C19H19N3O3S/c1-14-6-3-4-9-18(14)22(26(2,24)25)13-19(23)21-17-8-5-7-15-12-20-11-10-16(15)17/h3-12H,13H2,1-2H3,(H,21,23). The fourth-order valence-corrected chi connectivity index (χ4v) is 3.69. The molecule has 0 saturated heterocycles. The van der Waals surface area contributed by atoms with Crippen LogP contribution in [0.4, 0.5) is 11.4 Å². The molecular formula is C19H19N3O3S. The number of aryl methyl sites for hydroxylation is 1. The number of amides is 1. The van der Waals surface area contributed by atoms with Gasteiger partial charge in [0.2, 0.25) is 15.9 Å². The summed E-state index contributed by atoms with van der Waals surface area (Å²) in [6.07, 6.45) is 4.45. The van der Waals surface area contributed by atoms with E-state index in [4.69, 9.17) is 0 Å². The molecule has 1 aromatic heterocycles. The van der Waals surface area contributed by atoms with Crippen LogP contribution in [0.2, 0.25) is 0 Å². The highest BCUT2D eigenvalue weighted by Gasteiger charge is 2.22. The van der Waals surface area contributed by atoms with Crippen molar-refractivity contribution in [3.8, 4) is 0 Å². The number of pyridine rings is 1. The Kier molecular flexibility index (Phi) is 4.90. The summed E-state index contributed by atoms with van der Waals surface area (Å²) in [6, 6.07) is 14.4. The monoisotopic (exact) mass is 369 g/mol. The Bertz CT molecular complexity index is 1060. The van der Waals surface area contributed by atoms with E-state index in [1.807, 2.05) is 31.2 Å². The molecule has 2 aromatic carbocycles. The molecule has 3 rings (SSSR count). The molecule has 7 heteroatoms. The summed E-state index contributed by atoms with van der Waals surface area (Å²) in [5, 5.41) is 4.54. The molecule has 0 bridgehead atoms. The Morgan fingerprint density at radius 2 is 1.88 bits per heavy atom. The highest BCUT2D eigenvalue weighted by atomic mass is 32.2. The molecule has 1 heterocycles. The lowest BCUT2D eigenvalue weighted by Gasteiger charge is -2.23. The van der Waals surface area contributed by atoms with E-state index >= 15 is 0 Å². The largest absolute Gasteiger partial charge is 0.324 e. The summed E-state index contributed by atoms with van der Waals surface area (Å²) in [7, 11) is -3.61. The number of sulfonamides is 1. The first-order valence-corrected chi connectivity index (χ1v) is 9.87. The van der Waals surface area contributed by atoms with Crippen molar-refractivity contribution < 1.29 is 13.2 Å². The van der Waals surface area contributed by atoms with Crippen LogP contribution in [0.5, 0.6) is 0 Å². The molecule has 0 aliphatic heterocycles. The minimum Gasteiger partial charge on any atom is -0.324 e.